The van der Waals surface area contributed by atoms with Crippen LogP contribution in [0.15, 0.2) is 0 Å². The van der Waals surface area contributed by atoms with Crippen LogP contribution in [0.25, 0.3) is 0 Å². The molecule has 2 atom stereocenters. The molecule has 2 nitrogen and oxygen atoms in total. The van der Waals surface area contributed by atoms with Crippen LogP contribution in [0.1, 0.15) is 66.7 Å². The molecule has 0 heterocycles. The first-order valence-electron chi connectivity index (χ1n) is 6.62. The molecule has 1 aliphatic carbocycles. The highest BCUT2D eigenvalue weighted by atomic mass is 16.3. The third kappa shape index (κ3) is 2.60. The molecule has 0 spiro atoms. The van der Waals surface area contributed by atoms with Crippen LogP contribution in [-0.4, -0.2) is 16.2 Å². The Labute approximate surface area is 101 Å². The Balaban J connectivity index is 2.86. The van der Waals surface area contributed by atoms with E-state index >= 15 is 0 Å². The highest BCUT2D eigenvalue weighted by molar-refractivity contribution is 5.04. The Hall–Kier alpha value is -0.0800. The molecule has 0 aliphatic heterocycles. The number of hydrogen-bond donors (Lipinski definition) is 2. The SMILES string of the molecule is CC(C)C(C)(N)C1(O)CCCC(C)(C)CC1. The van der Waals surface area contributed by atoms with Gasteiger partial charge < -0.3 is 10.8 Å². The lowest BCUT2D eigenvalue weighted by Crippen LogP contribution is -2.61. The molecule has 2 unspecified atom stereocenters. The quantitative estimate of drug-likeness (QED) is 0.712. The molecule has 0 aromatic rings. The highest BCUT2D eigenvalue weighted by Gasteiger charge is 2.47. The van der Waals surface area contributed by atoms with E-state index in [4.69, 9.17) is 5.73 Å². The summed E-state index contributed by atoms with van der Waals surface area (Å²) in [6.07, 6.45) is 5.04. The van der Waals surface area contributed by atoms with Crippen LogP contribution in [0, 0.1) is 11.3 Å². The van der Waals surface area contributed by atoms with Gasteiger partial charge in [-0.1, -0.05) is 27.7 Å². The highest BCUT2D eigenvalue weighted by Crippen LogP contribution is 2.43. The minimum absolute atomic E-state index is 0.304. The monoisotopic (exact) mass is 227 g/mol. The number of nitrogens with two attached hydrogens (primary N) is 1. The van der Waals surface area contributed by atoms with E-state index in [-0.39, 0.29) is 0 Å². The van der Waals surface area contributed by atoms with E-state index in [0.29, 0.717) is 11.3 Å². The van der Waals surface area contributed by atoms with Gasteiger partial charge in [0.05, 0.1) is 5.60 Å². The van der Waals surface area contributed by atoms with Crippen LogP contribution >= 0.6 is 0 Å². The molecule has 0 radical (unpaired) electrons. The first-order valence-corrected chi connectivity index (χ1v) is 6.62. The van der Waals surface area contributed by atoms with Gasteiger partial charge in [-0.2, -0.15) is 0 Å². The summed E-state index contributed by atoms with van der Waals surface area (Å²) in [6.45, 7) is 10.8. The van der Waals surface area contributed by atoms with Crippen LogP contribution < -0.4 is 5.73 Å². The molecule has 0 aromatic carbocycles. The van der Waals surface area contributed by atoms with Crippen molar-refractivity contribution in [3.05, 3.63) is 0 Å². The second kappa shape index (κ2) is 4.30. The third-order valence-electron chi connectivity index (χ3n) is 4.86. The van der Waals surface area contributed by atoms with Gasteiger partial charge in [0.1, 0.15) is 0 Å². The number of aliphatic hydroxyl groups is 1. The van der Waals surface area contributed by atoms with E-state index in [0.717, 1.165) is 25.7 Å². The van der Waals surface area contributed by atoms with Crippen molar-refractivity contribution in [3.63, 3.8) is 0 Å². The summed E-state index contributed by atoms with van der Waals surface area (Å²) in [4.78, 5) is 0. The molecule has 1 saturated carbocycles. The van der Waals surface area contributed by atoms with Gasteiger partial charge in [0, 0.05) is 5.54 Å². The lowest BCUT2D eigenvalue weighted by Gasteiger charge is -2.45. The van der Waals surface area contributed by atoms with Gasteiger partial charge in [0.25, 0.3) is 0 Å². The maximum Gasteiger partial charge on any atom is 0.0826 e. The summed E-state index contributed by atoms with van der Waals surface area (Å²) in [7, 11) is 0. The van der Waals surface area contributed by atoms with Gasteiger partial charge in [-0.25, -0.2) is 0 Å². The Morgan fingerprint density at radius 2 is 1.69 bits per heavy atom. The molecule has 3 N–H and O–H groups in total. The summed E-state index contributed by atoms with van der Waals surface area (Å²) >= 11 is 0. The lowest BCUT2D eigenvalue weighted by atomic mass is 9.70. The summed E-state index contributed by atoms with van der Waals surface area (Å²) in [5.41, 5.74) is 5.57. The van der Waals surface area contributed by atoms with E-state index < -0.39 is 11.1 Å². The van der Waals surface area contributed by atoms with Crippen molar-refractivity contribution in [2.24, 2.45) is 17.1 Å². The van der Waals surface area contributed by atoms with Crippen molar-refractivity contribution in [2.45, 2.75) is 77.9 Å². The van der Waals surface area contributed by atoms with E-state index in [1.165, 1.54) is 6.42 Å². The molecule has 96 valence electrons. The number of hydrogen-bond acceptors (Lipinski definition) is 2. The molecule has 1 aliphatic rings. The average molecular weight is 227 g/mol. The van der Waals surface area contributed by atoms with E-state index in [2.05, 4.69) is 27.7 Å². The fourth-order valence-electron chi connectivity index (χ4n) is 2.73. The summed E-state index contributed by atoms with van der Waals surface area (Å²) in [6, 6.07) is 0. The van der Waals surface area contributed by atoms with Gasteiger partial charge in [-0.05, 0) is 50.4 Å². The zero-order valence-electron chi connectivity index (χ0n) is 11.6. The van der Waals surface area contributed by atoms with Gasteiger partial charge >= 0.3 is 0 Å². The fourth-order valence-corrected chi connectivity index (χ4v) is 2.73. The summed E-state index contributed by atoms with van der Waals surface area (Å²) < 4.78 is 0. The van der Waals surface area contributed by atoms with Gasteiger partial charge in [-0.15, -0.1) is 0 Å². The van der Waals surface area contributed by atoms with Crippen LogP contribution in [0.4, 0.5) is 0 Å². The molecule has 0 aromatic heterocycles. The van der Waals surface area contributed by atoms with Crippen LogP contribution in [0.2, 0.25) is 0 Å². The Kier molecular flexibility index (Phi) is 3.76. The third-order valence-corrected chi connectivity index (χ3v) is 4.86. The number of rotatable bonds is 2. The molecule has 0 amide bonds. The fraction of sp³-hybridized carbons (Fsp3) is 1.00. The van der Waals surface area contributed by atoms with Crippen molar-refractivity contribution < 1.29 is 5.11 Å². The minimum atomic E-state index is -0.686. The van der Waals surface area contributed by atoms with Crippen LogP contribution in [0.3, 0.4) is 0 Å². The molecule has 16 heavy (non-hydrogen) atoms. The standard InChI is InChI=1S/C14H29NO/c1-11(2)13(5,15)14(16)8-6-7-12(3,4)9-10-14/h11,16H,6-10,15H2,1-5H3. The molecule has 1 rings (SSSR count). The minimum Gasteiger partial charge on any atom is -0.388 e. The Morgan fingerprint density at radius 1 is 1.12 bits per heavy atom. The first-order chi connectivity index (χ1) is 7.11. The maximum absolute atomic E-state index is 10.9. The predicted octanol–water partition coefficient (Wildman–Crippen LogP) is 3.08. The van der Waals surface area contributed by atoms with Gasteiger partial charge in [-0.3, -0.25) is 0 Å². The second-order valence-electron chi connectivity index (χ2n) is 6.99. The molecule has 0 bridgehead atoms. The van der Waals surface area contributed by atoms with Crippen molar-refractivity contribution >= 4 is 0 Å². The van der Waals surface area contributed by atoms with E-state index in [1.54, 1.807) is 0 Å². The Bertz CT molecular complexity index is 245. The van der Waals surface area contributed by atoms with Gasteiger partial charge in [0.15, 0.2) is 0 Å². The van der Waals surface area contributed by atoms with Crippen molar-refractivity contribution in [1.82, 2.24) is 0 Å². The maximum atomic E-state index is 10.9. The van der Waals surface area contributed by atoms with Crippen LogP contribution in [-0.2, 0) is 0 Å². The summed E-state index contributed by atoms with van der Waals surface area (Å²) in [5.74, 6) is 0.304. The van der Waals surface area contributed by atoms with Crippen molar-refractivity contribution in [1.29, 1.82) is 0 Å². The second-order valence-corrected chi connectivity index (χ2v) is 6.99. The molecular weight excluding hydrogens is 198 g/mol. The molecule has 0 saturated heterocycles. The molecule has 1 fully saturated rings. The first kappa shape index (κ1) is 14.0. The molecular formula is C14H29NO. The van der Waals surface area contributed by atoms with Gasteiger partial charge in [0.2, 0.25) is 0 Å². The smallest absolute Gasteiger partial charge is 0.0826 e. The normalized spacial score (nSPS) is 34.5. The topological polar surface area (TPSA) is 46.2 Å². The van der Waals surface area contributed by atoms with Crippen LogP contribution in [0.5, 0.6) is 0 Å². The Morgan fingerprint density at radius 3 is 2.19 bits per heavy atom. The van der Waals surface area contributed by atoms with Crippen molar-refractivity contribution in [3.8, 4) is 0 Å². The summed E-state index contributed by atoms with van der Waals surface area (Å²) in [5, 5.41) is 10.9. The predicted molar refractivity (Wildman–Crippen MR) is 69.2 cm³/mol. The molecule has 2 heteroatoms. The zero-order valence-corrected chi connectivity index (χ0v) is 11.6. The van der Waals surface area contributed by atoms with E-state index in [9.17, 15) is 5.11 Å². The zero-order chi connectivity index (χ0) is 12.6. The largest absolute Gasteiger partial charge is 0.388 e. The van der Waals surface area contributed by atoms with Crippen molar-refractivity contribution in [2.75, 3.05) is 0 Å². The van der Waals surface area contributed by atoms with E-state index in [1.807, 2.05) is 6.92 Å². The average Bonchev–Trinajstić information content (AvgIpc) is 2.26. The lowest BCUT2D eigenvalue weighted by molar-refractivity contribution is -0.0612.